The summed E-state index contributed by atoms with van der Waals surface area (Å²) >= 11 is 1.87. The second kappa shape index (κ2) is 4.26. The zero-order valence-electron chi connectivity index (χ0n) is 8.79. The Bertz CT molecular complexity index is 304. The van der Waals surface area contributed by atoms with E-state index in [0.29, 0.717) is 6.04 Å². The highest BCUT2D eigenvalue weighted by Crippen LogP contribution is 2.24. The van der Waals surface area contributed by atoms with Gasteiger partial charge >= 0.3 is 0 Å². The van der Waals surface area contributed by atoms with Crippen LogP contribution in [0.2, 0.25) is 0 Å². The Morgan fingerprint density at radius 3 is 3.07 bits per heavy atom. The molecule has 1 N–H and O–H groups in total. The fourth-order valence-corrected chi connectivity index (χ4v) is 1.81. The van der Waals surface area contributed by atoms with Crippen LogP contribution in [-0.4, -0.2) is 27.6 Å². The van der Waals surface area contributed by atoms with Crippen LogP contribution in [0.25, 0.3) is 0 Å². The number of hydrogen-bond donors (Lipinski definition) is 1. The molecule has 0 saturated heterocycles. The van der Waals surface area contributed by atoms with Crippen LogP contribution in [0, 0.1) is 6.92 Å². The van der Waals surface area contributed by atoms with Gasteiger partial charge in [0.2, 0.25) is 5.95 Å². The average Bonchev–Trinajstić information content (AvgIpc) is 2.88. The van der Waals surface area contributed by atoms with Crippen molar-refractivity contribution in [1.82, 2.24) is 9.55 Å². The summed E-state index contributed by atoms with van der Waals surface area (Å²) < 4.78 is 2.23. The van der Waals surface area contributed by atoms with Gasteiger partial charge in [0.05, 0.1) is 5.69 Å². The van der Waals surface area contributed by atoms with Gasteiger partial charge in [-0.05, 0) is 26.0 Å². The molecule has 1 heterocycles. The number of anilines is 1. The van der Waals surface area contributed by atoms with Crippen molar-refractivity contribution in [3.63, 3.8) is 0 Å². The highest BCUT2D eigenvalue weighted by atomic mass is 32.2. The van der Waals surface area contributed by atoms with Gasteiger partial charge in [-0.3, -0.25) is 0 Å². The van der Waals surface area contributed by atoms with E-state index >= 15 is 0 Å². The average molecular weight is 211 g/mol. The number of rotatable bonds is 5. The van der Waals surface area contributed by atoms with Crippen molar-refractivity contribution in [3.05, 3.63) is 11.9 Å². The van der Waals surface area contributed by atoms with Crippen molar-refractivity contribution < 1.29 is 0 Å². The number of thioether (sulfide) groups is 1. The molecular weight excluding hydrogens is 194 g/mol. The first-order chi connectivity index (χ1) is 6.79. The lowest BCUT2D eigenvalue weighted by Crippen LogP contribution is -2.09. The van der Waals surface area contributed by atoms with Gasteiger partial charge in [0.15, 0.2) is 0 Å². The molecule has 2 rings (SSSR count). The largest absolute Gasteiger partial charge is 0.353 e. The van der Waals surface area contributed by atoms with Gasteiger partial charge in [0.25, 0.3) is 0 Å². The van der Waals surface area contributed by atoms with Crippen LogP contribution in [-0.2, 0) is 6.54 Å². The molecule has 0 bridgehead atoms. The summed E-state index contributed by atoms with van der Waals surface area (Å²) in [5.74, 6) is 2.20. The zero-order valence-corrected chi connectivity index (χ0v) is 9.60. The molecule has 1 aliphatic rings. The highest BCUT2D eigenvalue weighted by molar-refractivity contribution is 7.98. The van der Waals surface area contributed by atoms with Gasteiger partial charge < -0.3 is 9.88 Å². The SMILES string of the molecule is CSCCn1cc(C)nc1NC1CC1. The van der Waals surface area contributed by atoms with Crippen molar-refractivity contribution in [2.24, 2.45) is 0 Å². The molecule has 1 fully saturated rings. The smallest absolute Gasteiger partial charge is 0.203 e. The van der Waals surface area contributed by atoms with E-state index in [1.54, 1.807) is 0 Å². The van der Waals surface area contributed by atoms with Crippen molar-refractivity contribution in [3.8, 4) is 0 Å². The minimum Gasteiger partial charge on any atom is -0.353 e. The Labute approximate surface area is 89.3 Å². The third kappa shape index (κ3) is 2.44. The molecule has 78 valence electrons. The van der Waals surface area contributed by atoms with Crippen LogP contribution >= 0.6 is 11.8 Å². The van der Waals surface area contributed by atoms with Crippen LogP contribution in [0.5, 0.6) is 0 Å². The van der Waals surface area contributed by atoms with Crippen LogP contribution in [0.1, 0.15) is 18.5 Å². The molecule has 1 aliphatic carbocycles. The molecule has 0 atom stereocenters. The number of hydrogen-bond acceptors (Lipinski definition) is 3. The summed E-state index contributed by atoms with van der Waals surface area (Å²) in [6, 6.07) is 0.685. The van der Waals surface area contributed by atoms with Gasteiger partial charge in [-0.25, -0.2) is 4.98 Å². The second-order valence-corrected chi connectivity index (χ2v) is 4.80. The molecule has 0 radical (unpaired) electrons. The van der Waals surface area contributed by atoms with E-state index in [9.17, 15) is 0 Å². The summed E-state index contributed by atoms with van der Waals surface area (Å²) in [4.78, 5) is 4.49. The number of nitrogens with one attached hydrogen (secondary N) is 1. The molecule has 4 heteroatoms. The lowest BCUT2D eigenvalue weighted by Gasteiger charge is -2.07. The maximum atomic E-state index is 4.49. The first-order valence-electron chi connectivity index (χ1n) is 5.09. The summed E-state index contributed by atoms with van der Waals surface area (Å²) in [6.07, 6.45) is 6.86. The third-order valence-electron chi connectivity index (χ3n) is 2.34. The summed E-state index contributed by atoms with van der Waals surface area (Å²) in [5.41, 5.74) is 1.11. The minimum absolute atomic E-state index is 0.685. The Hall–Kier alpha value is -0.640. The normalized spacial score (nSPS) is 15.9. The fourth-order valence-electron chi connectivity index (χ4n) is 1.43. The van der Waals surface area contributed by atoms with E-state index in [2.05, 4.69) is 27.3 Å². The number of aromatic nitrogens is 2. The van der Waals surface area contributed by atoms with E-state index in [0.717, 1.165) is 23.9 Å². The molecule has 0 aliphatic heterocycles. The second-order valence-electron chi connectivity index (χ2n) is 3.81. The maximum absolute atomic E-state index is 4.49. The van der Waals surface area contributed by atoms with Gasteiger partial charge in [-0.1, -0.05) is 0 Å². The quantitative estimate of drug-likeness (QED) is 0.809. The van der Waals surface area contributed by atoms with Crippen LogP contribution in [0.4, 0.5) is 5.95 Å². The van der Waals surface area contributed by atoms with Crippen molar-refractivity contribution in [1.29, 1.82) is 0 Å². The summed E-state index contributed by atoms with van der Waals surface area (Å²) in [5, 5.41) is 3.46. The molecular formula is C10H17N3S. The summed E-state index contributed by atoms with van der Waals surface area (Å²) in [7, 11) is 0. The molecule has 0 amide bonds. The van der Waals surface area contributed by atoms with E-state index < -0.39 is 0 Å². The van der Waals surface area contributed by atoms with Gasteiger partial charge in [-0.15, -0.1) is 0 Å². The van der Waals surface area contributed by atoms with Gasteiger partial charge in [0.1, 0.15) is 0 Å². The topological polar surface area (TPSA) is 29.9 Å². The Morgan fingerprint density at radius 1 is 1.64 bits per heavy atom. The van der Waals surface area contributed by atoms with E-state index in [1.807, 2.05) is 18.7 Å². The minimum atomic E-state index is 0.685. The van der Waals surface area contributed by atoms with Crippen LogP contribution in [0.3, 0.4) is 0 Å². The predicted molar refractivity (Wildman–Crippen MR) is 62.0 cm³/mol. The Morgan fingerprint density at radius 2 is 2.43 bits per heavy atom. The highest BCUT2D eigenvalue weighted by Gasteiger charge is 2.22. The first kappa shape index (κ1) is 9.90. The first-order valence-corrected chi connectivity index (χ1v) is 6.48. The molecule has 1 aromatic heterocycles. The molecule has 1 aromatic rings. The van der Waals surface area contributed by atoms with E-state index in [-0.39, 0.29) is 0 Å². The zero-order chi connectivity index (χ0) is 9.97. The lowest BCUT2D eigenvalue weighted by atomic mass is 10.6. The molecule has 3 nitrogen and oxygen atoms in total. The van der Waals surface area contributed by atoms with Crippen molar-refractivity contribution in [2.75, 3.05) is 17.3 Å². The number of aryl methyl sites for hydroxylation is 2. The third-order valence-corrected chi connectivity index (χ3v) is 2.93. The molecule has 0 aromatic carbocycles. The number of nitrogens with zero attached hydrogens (tertiary/aromatic N) is 2. The Balaban J connectivity index is 2.02. The monoisotopic (exact) mass is 211 g/mol. The molecule has 0 unspecified atom stereocenters. The molecule has 0 spiro atoms. The van der Waals surface area contributed by atoms with E-state index in [1.165, 1.54) is 12.8 Å². The lowest BCUT2D eigenvalue weighted by molar-refractivity contribution is 0.771. The van der Waals surface area contributed by atoms with Crippen molar-refractivity contribution >= 4 is 17.7 Å². The predicted octanol–water partition coefficient (Wildman–Crippen LogP) is 2.13. The van der Waals surface area contributed by atoms with Crippen LogP contribution in [0.15, 0.2) is 6.20 Å². The van der Waals surface area contributed by atoms with E-state index in [4.69, 9.17) is 0 Å². The molecule has 1 saturated carbocycles. The Kier molecular flexibility index (Phi) is 3.01. The molecule has 14 heavy (non-hydrogen) atoms. The summed E-state index contributed by atoms with van der Waals surface area (Å²) in [6.45, 7) is 3.10. The number of imidazole rings is 1. The van der Waals surface area contributed by atoms with Crippen molar-refractivity contribution in [2.45, 2.75) is 32.4 Å². The maximum Gasteiger partial charge on any atom is 0.203 e. The van der Waals surface area contributed by atoms with Crippen LogP contribution < -0.4 is 5.32 Å². The fraction of sp³-hybridized carbons (Fsp3) is 0.700. The van der Waals surface area contributed by atoms with Gasteiger partial charge in [0, 0.05) is 24.5 Å². The van der Waals surface area contributed by atoms with Gasteiger partial charge in [-0.2, -0.15) is 11.8 Å². The standard InChI is InChI=1S/C10H17N3S/c1-8-7-13(5-6-14-2)10(11-8)12-9-3-4-9/h7,9H,3-6H2,1-2H3,(H,11,12).